The number of rotatable bonds is 8. The summed E-state index contributed by atoms with van der Waals surface area (Å²) >= 11 is 3.12. The summed E-state index contributed by atoms with van der Waals surface area (Å²) < 4.78 is -0.204. The molecule has 3 aromatic rings. The summed E-state index contributed by atoms with van der Waals surface area (Å²) in [6, 6.07) is 25.9. The van der Waals surface area contributed by atoms with Crippen molar-refractivity contribution in [3.8, 4) is 0 Å². The highest BCUT2D eigenvalue weighted by atomic mass is 32.2. The average molecular weight is 449 g/mol. The molecule has 31 heavy (non-hydrogen) atoms. The van der Waals surface area contributed by atoms with Crippen LogP contribution in [0, 0.1) is 0 Å². The molecule has 158 valence electrons. The molecular formula is C25H24N2O2S2. The fourth-order valence-electron chi connectivity index (χ4n) is 3.45. The molecule has 2 N–H and O–H groups in total. The van der Waals surface area contributed by atoms with E-state index in [1.807, 2.05) is 66.7 Å². The number of fused-ring (bicyclic) bond motifs is 1. The van der Waals surface area contributed by atoms with E-state index in [1.54, 1.807) is 23.5 Å². The number of amides is 2. The lowest BCUT2D eigenvalue weighted by atomic mass is 9.99. The van der Waals surface area contributed by atoms with Crippen molar-refractivity contribution in [2.24, 2.45) is 0 Å². The summed E-state index contributed by atoms with van der Waals surface area (Å²) in [5.41, 5.74) is 3.91. The lowest BCUT2D eigenvalue weighted by molar-refractivity contribution is -0.114. The number of thioether (sulfide) groups is 2. The topological polar surface area (TPSA) is 58.2 Å². The molecule has 0 fully saturated rings. The molecule has 1 atom stereocenters. The van der Waals surface area contributed by atoms with E-state index < -0.39 is 0 Å². The van der Waals surface area contributed by atoms with Gasteiger partial charge in [-0.05, 0) is 42.2 Å². The molecule has 0 saturated heterocycles. The van der Waals surface area contributed by atoms with E-state index in [2.05, 4.69) is 22.8 Å². The number of carbonyl (C=O) groups excluding carboxylic acids is 2. The zero-order valence-electron chi connectivity index (χ0n) is 17.0. The molecule has 1 aliphatic heterocycles. The largest absolute Gasteiger partial charge is 0.351 e. The predicted octanol–water partition coefficient (Wildman–Crippen LogP) is 5.01. The van der Waals surface area contributed by atoms with Crippen LogP contribution in [0.4, 0.5) is 5.69 Å². The van der Waals surface area contributed by atoms with Gasteiger partial charge >= 0.3 is 0 Å². The SMILES string of the molecule is O=C(NCCSC1Sc2ccccc2NC1=O)c1ccccc1CCc1ccccc1. The van der Waals surface area contributed by atoms with Gasteiger partial charge in [0, 0.05) is 22.8 Å². The van der Waals surface area contributed by atoms with Crippen LogP contribution in [0.2, 0.25) is 0 Å². The first-order chi connectivity index (χ1) is 15.2. The van der Waals surface area contributed by atoms with E-state index >= 15 is 0 Å². The first-order valence-corrected chi connectivity index (χ1v) is 12.2. The standard InChI is InChI=1S/C25H24N2O2S2/c28-23(20-11-5-4-10-19(20)15-14-18-8-2-1-3-9-18)26-16-17-30-25-24(29)27-21-12-6-7-13-22(21)31-25/h1-13,25H,14-17H2,(H,26,28)(H,27,29). The maximum absolute atomic E-state index is 12.8. The van der Waals surface area contributed by atoms with Gasteiger partial charge in [0.1, 0.15) is 4.58 Å². The molecule has 4 rings (SSSR count). The smallest absolute Gasteiger partial charge is 0.251 e. The van der Waals surface area contributed by atoms with E-state index in [4.69, 9.17) is 0 Å². The summed E-state index contributed by atoms with van der Waals surface area (Å²) in [5, 5.41) is 5.96. The second-order valence-electron chi connectivity index (χ2n) is 7.20. The van der Waals surface area contributed by atoms with Gasteiger partial charge in [0.05, 0.1) is 5.69 Å². The monoisotopic (exact) mass is 448 g/mol. The molecule has 0 radical (unpaired) electrons. The van der Waals surface area contributed by atoms with Crippen molar-refractivity contribution in [2.45, 2.75) is 22.3 Å². The van der Waals surface area contributed by atoms with Gasteiger partial charge in [-0.2, -0.15) is 0 Å². The van der Waals surface area contributed by atoms with Crippen molar-refractivity contribution in [2.75, 3.05) is 17.6 Å². The Balaban J connectivity index is 1.27. The van der Waals surface area contributed by atoms with Crippen LogP contribution in [0.1, 0.15) is 21.5 Å². The number of carbonyl (C=O) groups is 2. The minimum atomic E-state index is -0.204. The molecule has 4 nitrogen and oxygen atoms in total. The van der Waals surface area contributed by atoms with Crippen LogP contribution in [0.25, 0.3) is 0 Å². The minimum Gasteiger partial charge on any atom is -0.351 e. The molecule has 1 unspecified atom stereocenters. The second-order valence-corrected chi connectivity index (χ2v) is 9.86. The van der Waals surface area contributed by atoms with Crippen molar-refractivity contribution in [3.05, 3.63) is 95.6 Å². The third-order valence-electron chi connectivity index (χ3n) is 5.04. The first kappa shape index (κ1) is 21.5. The molecule has 0 saturated carbocycles. The Bertz CT molecular complexity index is 1060. The van der Waals surface area contributed by atoms with Crippen molar-refractivity contribution in [1.82, 2.24) is 5.32 Å². The van der Waals surface area contributed by atoms with Gasteiger partial charge in [-0.1, -0.05) is 72.4 Å². The lowest BCUT2D eigenvalue weighted by Gasteiger charge is -2.23. The molecule has 0 aliphatic carbocycles. The van der Waals surface area contributed by atoms with E-state index in [0.717, 1.165) is 34.6 Å². The van der Waals surface area contributed by atoms with Gasteiger partial charge in [-0.3, -0.25) is 9.59 Å². The van der Waals surface area contributed by atoms with Crippen LogP contribution in [0.15, 0.2) is 83.8 Å². The number of hydrogen-bond acceptors (Lipinski definition) is 4. The highest BCUT2D eigenvalue weighted by Gasteiger charge is 2.26. The summed E-state index contributed by atoms with van der Waals surface area (Å²) in [6.07, 6.45) is 1.72. The van der Waals surface area contributed by atoms with Crippen molar-refractivity contribution >= 4 is 41.0 Å². The molecule has 3 aromatic carbocycles. The Labute approximate surface area is 191 Å². The summed E-state index contributed by atoms with van der Waals surface area (Å²) in [6.45, 7) is 0.516. The predicted molar refractivity (Wildman–Crippen MR) is 130 cm³/mol. The number of para-hydroxylation sites is 1. The van der Waals surface area contributed by atoms with E-state index in [0.29, 0.717) is 12.3 Å². The van der Waals surface area contributed by atoms with Crippen LogP contribution < -0.4 is 10.6 Å². The van der Waals surface area contributed by atoms with Gasteiger partial charge < -0.3 is 10.6 Å². The van der Waals surface area contributed by atoms with Crippen molar-refractivity contribution in [1.29, 1.82) is 0 Å². The Morgan fingerprint density at radius 2 is 1.68 bits per heavy atom. The van der Waals surface area contributed by atoms with Crippen LogP contribution in [-0.4, -0.2) is 28.7 Å². The van der Waals surface area contributed by atoms with Gasteiger partial charge in [0.2, 0.25) is 5.91 Å². The molecule has 0 bridgehead atoms. The zero-order valence-corrected chi connectivity index (χ0v) is 18.7. The maximum atomic E-state index is 12.8. The first-order valence-electron chi connectivity index (χ1n) is 10.3. The molecule has 0 spiro atoms. The third kappa shape index (κ3) is 5.71. The number of hydrogen-bond donors (Lipinski definition) is 2. The van der Waals surface area contributed by atoms with E-state index in [1.165, 1.54) is 5.56 Å². The number of nitrogens with one attached hydrogen (secondary N) is 2. The minimum absolute atomic E-state index is 0.00582. The highest BCUT2D eigenvalue weighted by Crippen LogP contribution is 2.39. The molecule has 0 aromatic heterocycles. The third-order valence-corrected chi connectivity index (χ3v) is 7.73. The Morgan fingerprint density at radius 1 is 0.935 bits per heavy atom. The summed E-state index contributed by atoms with van der Waals surface area (Å²) in [7, 11) is 0. The summed E-state index contributed by atoms with van der Waals surface area (Å²) in [5.74, 6) is 0.618. The fourth-order valence-corrected chi connectivity index (χ4v) is 5.77. The van der Waals surface area contributed by atoms with Crippen LogP contribution >= 0.6 is 23.5 Å². The molecule has 1 aliphatic rings. The van der Waals surface area contributed by atoms with E-state index in [-0.39, 0.29) is 16.4 Å². The number of anilines is 1. The van der Waals surface area contributed by atoms with Gasteiger partial charge in [-0.25, -0.2) is 0 Å². The normalized spacial score (nSPS) is 15.1. The zero-order chi connectivity index (χ0) is 21.5. The van der Waals surface area contributed by atoms with Crippen molar-refractivity contribution in [3.63, 3.8) is 0 Å². The Hall–Kier alpha value is -2.70. The highest BCUT2D eigenvalue weighted by molar-refractivity contribution is 8.18. The van der Waals surface area contributed by atoms with Gasteiger partial charge in [-0.15, -0.1) is 11.8 Å². The number of aryl methyl sites for hydroxylation is 2. The quantitative estimate of drug-likeness (QED) is 0.476. The Morgan fingerprint density at radius 3 is 2.55 bits per heavy atom. The lowest BCUT2D eigenvalue weighted by Crippen LogP contribution is -2.30. The van der Waals surface area contributed by atoms with Gasteiger partial charge in [0.25, 0.3) is 5.91 Å². The van der Waals surface area contributed by atoms with E-state index in [9.17, 15) is 9.59 Å². The van der Waals surface area contributed by atoms with Crippen molar-refractivity contribution < 1.29 is 9.59 Å². The second kappa shape index (κ2) is 10.6. The average Bonchev–Trinajstić information content (AvgIpc) is 2.81. The van der Waals surface area contributed by atoms with Crippen LogP contribution in [-0.2, 0) is 17.6 Å². The van der Waals surface area contributed by atoms with Gasteiger partial charge in [0.15, 0.2) is 0 Å². The number of benzene rings is 3. The molecule has 2 amide bonds. The molecule has 6 heteroatoms. The molecule has 1 heterocycles. The van der Waals surface area contributed by atoms with Crippen LogP contribution in [0.3, 0.4) is 0 Å². The van der Waals surface area contributed by atoms with Crippen LogP contribution in [0.5, 0.6) is 0 Å². The Kier molecular flexibility index (Phi) is 7.33. The maximum Gasteiger partial charge on any atom is 0.251 e. The molecular weight excluding hydrogens is 424 g/mol. The fraction of sp³-hybridized carbons (Fsp3) is 0.200. The summed E-state index contributed by atoms with van der Waals surface area (Å²) in [4.78, 5) is 26.1.